The van der Waals surface area contributed by atoms with Crippen LogP contribution in [0.1, 0.15) is 43.7 Å². The Hall–Kier alpha value is -1.60. The van der Waals surface area contributed by atoms with Crippen molar-refractivity contribution in [2.24, 2.45) is 5.92 Å². The highest BCUT2D eigenvalue weighted by Crippen LogP contribution is 2.31. The van der Waals surface area contributed by atoms with Crippen LogP contribution in [0.4, 0.5) is 0 Å². The minimum absolute atomic E-state index is 0.556. The summed E-state index contributed by atoms with van der Waals surface area (Å²) in [4.78, 5) is 0. The first-order chi connectivity index (χ1) is 10.7. The van der Waals surface area contributed by atoms with Crippen molar-refractivity contribution in [1.82, 2.24) is 5.32 Å². The van der Waals surface area contributed by atoms with Crippen molar-refractivity contribution < 1.29 is 0 Å². The predicted molar refractivity (Wildman–Crippen MR) is 95.3 cm³/mol. The summed E-state index contributed by atoms with van der Waals surface area (Å²) in [6.07, 6.45) is 3.88. The van der Waals surface area contributed by atoms with Crippen LogP contribution < -0.4 is 5.32 Å². The fourth-order valence-electron chi connectivity index (χ4n) is 3.53. The van der Waals surface area contributed by atoms with E-state index in [1.54, 1.807) is 0 Å². The molecule has 0 aromatic heterocycles. The molecule has 22 heavy (non-hydrogen) atoms. The third kappa shape index (κ3) is 3.59. The minimum Gasteiger partial charge on any atom is -0.316 e. The molecular formula is C21H27N. The molecule has 1 saturated heterocycles. The van der Waals surface area contributed by atoms with Crippen molar-refractivity contribution in [1.29, 1.82) is 0 Å². The highest BCUT2D eigenvalue weighted by molar-refractivity contribution is 5.68. The van der Waals surface area contributed by atoms with Gasteiger partial charge in [0.2, 0.25) is 0 Å². The average Bonchev–Trinajstić information content (AvgIpc) is 2.56. The second-order valence-corrected chi connectivity index (χ2v) is 6.86. The smallest absolute Gasteiger partial charge is 0.00173 e. The molecule has 1 aliphatic rings. The maximum atomic E-state index is 3.53. The zero-order valence-corrected chi connectivity index (χ0v) is 13.8. The van der Waals surface area contributed by atoms with Crippen LogP contribution in [0.15, 0.2) is 48.5 Å². The van der Waals surface area contributed by atoms with Crippen molar-refractivity contribution in [3.05, 3.63) is 59.7 Å². The second-order valence-electron chi connectivity index (χ2n) is 6.86. The van der Waals surface area contributed by atoms with E-state index in [4.69, 9.17) is 0 Å². The van der Waals surface area contributed by atoms with E-state index >= 15 is 0 Å². The van der Waals surface area contributed by atoms with Crippen LogP contribution in [0, 0.1) is 5.92 Å². The lowest BCUT2D eigenvalue weighted by molar-refractivity contribution is 0.376. The van der Waals surface area contributed by atoms with Crippen LogP contribution in [0.25, 0.3) is 11.1 Å². The van der Waals surface area contributed by atoms with Gasteiger partial charge in [0.1, 0.15) is 0 Å². The predicted octanol–water partition coefficient (Wildman–Crippen LogP) is 5.02. The SMILES string of the molecule is CC(C)c1ccc(CC2CCCNC2)cc1-c1ccccc1. The van der Waals surface area contributed by atoms with E-state index < -0.39 is 0 Å². The summed E-state index contributed by atoms with van der Waals surface area (Å²) in [5.41, 5.74) is 5.69. The fourth-order valence-corrected chi connectivity index (χ4v) is 3.53. The van der Waals surface area contributed by atoms with Crippen molar-refractivity contribution in [2.45, 2.75) is 39.0 Å². The molecule has 0 saturated carbocycles. The molecule has 3 rings (SSSR count). The largest absolute Gasteiger partial charge is 0.316 e. The third-order valence-corrected chi connectivity index (χ3v) is 4.75. The molecule has 1 heteroatoms. The van der Waals surface area contributed by atoms with Gasteiger partial charge in [-0.15, -0.1) is 0 Å². The first-order valence-electron chi connectivity index (χ1n) is 8.63. The Morgan fingerprint density at radius 2 is 1.91 bits per heavy atom. The van der Waals surface area contributed by atoms with E-state index in [2.05, 4.69) is 67.7 Å². The van der Waals surface area contributed by atoms with E-state index in [1.165, 1.54) is 54.6 Å². The van der Waals surface area contributed by atoms with Crippen molar-refractivity contribution in [3.63, 3.8) is 0 Å². The molecule has 0 radical (unpaired) electrons. The standard InChI is InChI=1S/C21H27N/c1-16(2)20-11-10-17(13-18-7-6-12-22-15-18)14-21(20)19-8-4-3-5-9-19/h3-5,8-11,14,16,18,22H,6-7,12-13,15H2,1-2H3. The summed E-state index contributed by atoms with van der Waals surface area (Å²) in [5, 5.41) is 3.53. The molecule has 0 bridgehead atoms. The first-order valence-corrected chi connectivity index (χ1v) is 8.63. The lowest BCUT2D eigenvalue weighted by Gasteiger charge is -2.23. The van der Waals surface area contributed by atoms with Gasteiger partial charge >= 0.3 is 0 Å². The molecule has 1 nitrogen and oxygen atoms in total. The molecule has 1 atom stereocenters. The Balaban J connectivity index is 1.90. The molecule has 116 valence electrons. The Bertz CT molecular complexity index is 595. The van der Waals surface area contributed by atoms with Crippen LogP contribution in [0.5, 0.6) is 0 Å². The van der Waals surface area contributed by atoms with Gasteiger partial charge in [-0.25, -0.2) is 0 Å². The van der Waals surface area contributed by atoms with Crippen LogP contribution in [0.3, 0.4) is 0 Å². The number of hydrogen-bond donors (Lipinski definition) is 1. The molecule has 0 amide bonds. The van der Waals surface area contributed by atoms with Crippen LogP contribution in [-0.4, -0.2) is 13.1 Å². The Morgan fingerprint density at radius 1 is 1.09 bits per heavy atom. The number of piperidine rings is 1. The topological polar surface area (TPSA) is 12.0 Å². The molecular weight excluding hydrogens is 266 g/mol. The average molecular weight is 293 g/mol. The molecule has 0 aliphatic carbocycles. The zero-order chi connectivity index (χ0) is 15.4. The molecule has 2 aromatic rings. The summed E-state index contributed by atoms with van der Waals surface area (Å²) >= 11 is 0. The van der Waals surface area contributed by atoms with Gasteiger partial charge < -0.3 is 5.32 Å². The molecule has 0 spiro atoms. The Kier molecular flexibility index (Phi) is 4.94. The van der Waals surface area contributed by atoms with E-state index in [0.29, 0.717) is 5.92 Å². The van der Waals surface area contributed by atoms with E-state index in [1.807, 2.05) is 0 Å². The molecule has 1 fully saturated rings. The molecule has 1 heterocycles. The van der Waals surface area contributed by atoms with Crippen molar-refractivity contribution in [3.8, 4) is 11.1 Å². The quantitative estimate of drug-likeness (QED) is 0.834. The first kappa shape index (κ1) is 15.3. The van der Waals surface area contributed by atoms with E-state index in [9.17, 15) is 0 Å². The minimum atomic E-state index is 0.556. The molecule has 1 aliphatic heterocycles. The van der Waals surface area contributed by atoms with Crippen LogP contribution >= 0.6 is 0 Å². The van der Waals surface area contributed by atoms with Crippen LogP contribution in [0.2, 0.25) is 0 Å². The molecule has 1 N–H and O–H groups in total. The fraction of sp³-hybridized carbons (Fsp3) is 0.429. The van der Waals surface area contributed by atoms with Gasteiger partial charge in [0.25, 0.3) is 0 Å². The summed E-state index contributed by atoms with van der Waals surface area (Å²) in [6.45, 7) is 6.93. The Labute approximate surface area is 134 Å². The summed E-state index contributed by atoms with van der Waals surface area (Å²) in [6, 6.07) is 17.9. The van der Waals surface area contributed by atoms with Gasteiger partial charge in [-0.05, 0) is 66.4 Å². The maximum Gasteiger partial charge on any atom is -0.00173 e. The van der Waals surface area contributed by atoms with E-state index in [-0.39, 0.29) is 0 Å². The van der Waals surface area contributed by atoms with Crippen molar-refractivity contribution >= 4 is 0 Å². The highest BCUT2D eigenvalue weighted by atomic mass is 14.9. The highest BCUT2D eigenvalue weighted by Gasteiger charge is 2.15. The molecule has 2 aromatic carbocycles. The monoisotopic (exact) mass is 293 g/mol. The van der Waals surface area contributed by atoms with Gasteiger partial charge in [0.05, 0.1) is 0 Å². The lowest BCUT2D eigenvalue weighted by atomic mass is 9.87. The zero-order valence-electron chi connectivity index (χ0n) is 13.8. The number of nitrogens with one attached hydrogen (secondary N) is 1. The number of benzene rings is 2. The summed E-state index contributed by atoms with van der Waals surface area (Å²) in [5.74, 6) is 1.35. The van der Waals surface area contributed by atoms with Gasteiger partial charge in [0, 0.05) is 0 Å². The normalized spacial score (nSPS) is 18.6. The summed E-state index contributed by atoms with van der Waals surface area (Å²) in [7, 11) is 0. The molecule has 1 unspecified atom stereocenters. The third-order valence-electron chi connectivity index (χ3n) is 4.75. The van der Waals surface area contributed by atoms with Gasteiger partial charge in [-0.1, -0.05) is 62.4 Å². The van der Waals surface area contributed by atoms with E-state index in [0.717, 1.165) is 5.92 Å². The number of hydrogen-bond acceptors (Lipinski definition) is 1. The second kappa shape index (κ2) is 7.11. The van der Waals surface area contributed by atoms with Gasteiger partial charge in [0.15, 0.2) is 0 Å². The van der Waals surface area contributed by atoms with Crippen LogP contribution in [-0.2, 0) is 6.42 Å². The Morgan fingerprint density at radius 3 is 2.59 bits per heavy atom. The van der Waals surface area contributed by atoms with Crippen molar-refractivity contribution in [2.75, 3.05) is 13.1 Å². The number of rotatable bonds is 4. The lowest BCUT2D eigenvalue weighted by Crippen LogP contribution is -2.30. The summed E-state index contributed by atoms with van der Waals surface area (Å²) < 4.78 is 0. The maximum absolute atomic E-state index is 3.53. The van der Waals surface area contributed by atoms with Gasteiger partial charge in [-0.2, -0.15) is 0 Å². The van der Waals surface area contributed by atoms with Gasteiger partial charge in [-0.3, -0.25) is 0 Å².